The van der Waals surface area contributed by atoms with Crippen LogP contribution in [0.5, 0.6) is 0 Å². The Morgan fingerprint density at radius 1 is 1.32 bits per heavy atom. The number of benzene rings is 1. The molecule has 1 aliphatic rings. The number of nitrogens with zero attached hydrogens (tertiary/aromatic N) is 3. The summed E-state index contributed by atoms with van der Waals surface area (Å²) in [6.45, 7) is 3.92. The standard InChI is InChI=1S/C19H24ClN3O2/c1-13-16(20)7-5-14-6-8-17(21-19(13)14)23-10-3-4-15(9-11-23)22(2)12-18(24)25/h5-8,15H,3-4,9-12H2,1-2H3,(H,24,25). The lowest BCUT2D eigenvalue weighted by Crippen LogP contribution is -2.36. The molecular formula is C19H24ClN3O2. The zero-order valence-electron chi connectivity index (χ0n) is 14.7. The molecule has 25 heavy (non-hydrogen) atoms. The monoisotopic (exact) mass is 361 g/mol. The molecule has 1 aromatic carbocycles. The van der Waals surface area contributed by atoms with Gasteiger partial charge in [0.15, 0.2) is 0 Å². The molecule has 5 nitrogen and oxygen atoms in total. The normalized spacial score (nSPS) is 18.6. The summed E-state index contributed by atoms with van der Waals surface area (Å²) in [7, 11) is 1.90. The number of aliphatic carboxylic acids is 1. The van der Waals surface area contributed by atoms with Crippen molar-refractivity contribution in [1.82, 2.24) is 9.88 Å². The van der Waals surface area contributed by atoms with Gasteiger partial charge in [0, 0.05) is 29.5 Å². The van der Waals surface area contributed by atoms with Gasteiger partial charge in [0.05, 0.1) is 12.1 Å². The molecule has 3 rings (SSSR count). The van der Waals surface area contributed by atoms with Crippen LogP contribution in [-0.2, 0) is 4.79 Å². The topological polar surface area (TPSA) is 56.7 Å². The lowest BCUT2D eigenvalue weighted by Gasteiger charge is -2.26. The highest BCUT2D eigenvalue weighted by molar-refractivity contribution is 6.32. The molecule has 6 heteroatoms. The highest BCUT2D eigenvalue weighted by Crippen LogP contribution is 2.27. The number of aryl methyl sites for hydroxylation is 1. The van der Waals surface area contributed by atoms with Crippen LogP contribution < -0.4 is 4.90 Å². The number of anilines is 1. The van der Waals surface area contributed by atoms with Crippen molar-refractivity contribution in [3.63, 3.8) is 0 Å². The summed E-state index contributed by atoms with van der Waals surface area (Å²) in [6.07, 6.45) is 2.99. The van der Waals surface area contributed by atoms with E-state index in [1.165, 1.54) is 0 Å². The van der Waals surface area contributed by atoms with Crippen molar-refractivity contribution in [2.24, 2.45) is 0 Å². The third-order valence-corrected chi connectivity index (χ3v) is 5.47. The number of rotatable bonds is 4. The molecule has 2 heterocycles. The van der Waals surface area contributed by atoms with E-state index in [0.29, 0.717) is 6.04 Å². The predicted molar refractivity (Wildman–Crippen MR) is 102 cm³/mol. The minimum Gasteiger partial charge on any atom is -0.480 e. The number of aromatic nitrogens is 1. The second kappa shape index (κ2) is 7.58. The number of carbonyl (C=O) groups is 1. The van der Waals surface area contributed by atoms with E-state index in [1.807, 2.05) is 31.0 Å². The molecule has 0 radical (unpaired) electrons. The zero-order chi connectivity index (χ0) is 18.0. The summed E-state index contributed by atoms with van der Waals surface area (Å²) in [6, 6.07) is 8.38. The summed E-state index contributed by atoms with van der Waals surface area (Å²) < 4.78 is 0. The number of carboxylic acids is 1. The van der Waals surface area contributed by atoms with Gasteiger partial charge in [0.25, 0.3) is 0 Å². The van der Waals surface area contributed by atoms with Crippen molar-refractivity contribution in [2.75, 3.05) is 31.6 Å². The SMILES string of the molecule is Cc1c(Cl)ccc2ccc(N3CCCC(N(C)CC(=O)O)CC3)nc12. The molecule has 0 spiro atoms. The summed E-state index contributed by atoms with van der Waals surface area (Å²) in [5.74, 6) is 0.201. The van der Waals surface area contributed by atoms with Gasteiger partial charge in [0.2, 0.25) is 0 Å². The van der Waals surface area contributed by atoms with Crippen molar-refractivity contribution in [3.05, 3.63) is 34.9 Å². The van der Waals surface area contributed by atoms with Crippen molar-refractivity contribution in [1.29, 1.82) is 0 Å². The van der Waals surface area contributed by atoms with Gasteiger partial charge >= 0.3 is 5.97 Å². The zero-order valence-corrected chi connectivity index (χ0v) is 15.5. The van der Waals surface area contributed by atoms with E-state index in [4.69, 9.17) is 21.7 Å². The van der Waals surface area contributed by atoms with E-state index in [9.17, 15) is 4.79 Å². The molecular weight excluding hydrogens is 338 g/mol. The summed E-state index contributed by atoms with van der Waals surface area (Å²) >= 11 is 6.24. The second-order valence-corrected chi connectivity index (χ2v) is 7.20. The fourth-order valence-electron chi connectivity index (χ4n) is 3.56. The second-order valence-electron chi connectivity index (χ2n) is 6.79. The van der Waals surface area contributed by atoms with E-state index in [0.717, 1.165) is 59.7 Å². The molecule has 1 unspecified atom stereocenters. The number of hydrogen-bond acceptors (Lipinski definition) is 4. The third-order valence-electron chi connectivity index (χ3n) is 5.06. The fourth-order valence-corrected chi connectivity index (χ4v) is 3.72. The number of halogens is 1. The first-order valence-electron chi connectivity index (χ1n) is 8.68. The Morgan fingerprint density at radius 2 is 2.08 bits per heavy atom. The van der Waals surface area contributed by atoms with E-state index in [2.05, 4.69) is 17.0 Å². The van der Waals surface area contributed by atoms with Gasteiger partial charge in [-0.2, -0.15) is 0 Å². The number of hydrogen-bond donors (Lipinski definition) is 1. The van der Waals surface area contributed by atoms with Crippen molar-refractivity contribution >= 4 is 34.3 Å². The Kier molecular flexibility index (Phi) is 5.45. The first-order chi connectivity index (χ1) is 12.0. The lowest BCUT2D eigenvalue weighted by molar-refractivity contribution is -0.138. The van der Waals surface area contributed by atoms with Crippen LogP contribution in [-0.4, -0.2) is 53.7 Å². The maximum atomic E-state index is 10.9. The summed E-state index contributed by atoms with van der Waals surface area (Å²) in [5.41, 5.74) is 1.96. The maximum Gasteiger partial charge on any atom is 0.317 e. The van der Waals surface area contributed by atoms with Crippen molar-refractivity contribution in [3.8, 4) is 0 Å². The van der Waals surface area contributed by atoms with Crippen LogP contribution in [0.15, 0.2) is 24.3 Å². The van der Waals surface area contributed by atoms with E-state index in [-0.39, 0.29) is 6.54 Å². The van der Waals surface area contributed by atoms with Crippen LogP contribution in [0.25, 0.3) is 10.9 Å². The lowest BCUT2D eigenvalue weighted by atomic mass is 10.1. The molecule has 1 aromatic heterocycles. The van der Waals surface area contributed by atoms with Gasteiger partial charge in [-0.15, -0.1) is 0 Å². The molecule has 0 bridgehead atoms. The van der Waals surface area contributed by atoms with Crippen LogP contribution in [0.4, 0.5) is 5.82 Å². The van der Waals surface area contributed by atoms with Gasteiger partial charge < -0.3 is 10.0 Å². The van der Waals surface area contributed by atoms with Crippen molar-refractivity contribution < 1.29 is 9.90 Å². The molecule has 1 atom stereocenters. The molecule has 0 amide bonds. The van der Waals surface area contributed by atoms with E-state index in [1.54, 1.807) is 0 Å². The largest absolute Gasteiger partial charge is 0.480 e. The Hall–Kier alpha value is -1.85. The molecule has 0 aliphatic carbocycles. The first kappa shape index (κ1) is 18.0. The molecule has 1 saturated heterocycles. The maximum absolute atomic E-state index is 10.9. The number of likely N-dealkylation sites (N-methyl/N-ethyl adjacent to an activating group) is 1. The number of pyridine rings is 1. The first-order valence-corrected chi connectivity index (χ1v) is 9.06. The molecule has 134 valence electrons. The summed E-state index contributed by atoms with van der Waals surface area (Å²) in [4.78, 5) is 20.0. The summed E-state index contributed by atoms with van der Waals surface area (Å²) in [5, 5.41) is 10.8. The van der Waals surface area contributed by atoms with Gasteiger partial charge in [-0.3, -0.25) is 9.69 Å². The van der Waals surface area contributed by atoms with E-state index < -0.39 is 5.97 Å². The van der Waals surface area contributed by atoms with Crippen molar-refractivity contribution in [2.45, 2.75) is 32.2 Å². The molecule has 1 N–H and O–H groups in total. The van der Waals surface area contributed by atoms with Crippen LogP contribution >= 0.6 is 11.6 Å². The fraction of sp³-hybridized carbons (Fsp3) is 0.474. The van der Waals surface area contributed by atoms with Crippen LogP contribution in [0.3, 0.4) is 0 Å². The molecule has 0 saturated carbocycles. The molecule has 1 aliphatic heterocycles. The highest BCUT2D eigenvalue weighted by Gasteiger charge is 2.22. The van der Waals surface area contributed by atoms with Gasteiger partial charge in [0.1, 0.15) is 5.82 Å². The highest BCUT2D eigenvalue weighted by atomic mass is 35.5. The van der Waals surface area contributed by atoms with Crippen LogP contribution in [0.2, 0.25) is 5.02 Å². The average Bonchev–Trinajstić information content (AvgIpc) is 2.84. The van der Waals surface area contributed by atoms with Gasteiger partial charge in [-0.05, 0) is 57.0 Å². The molecule has 1 fully saturated rings. The third kappa shape index (κ3) is 4.05. The Bertz CT molecular complexity index is 781. The number of fused-ring (bicyclic) bond motifs is 1. The van der Waals surface area contributed by atoms with Gasteiger partial charge in [-0.25, -0.2) is 4.98 Å². The molecule has 2 aromatic rings. The Morgan fingerprint density at radius 3 is 2.84 bits per heavy atom. The Balaban J connectivity index is 1.77. The van der Waals surface area contributed by atoms with Gasteiger partial charge in [-0.1, -0.05) is 17.7 Å². The number of carboxylic acid groups (broad SMARTS) is 1. The van der Waals surface area contributed by atoms with Crippen LogP contribution in [0.1, 0.15) is 24.8 Å². The quantitative estimate of drug-likeness (QED) is 0.902. The minimum atomic E-state index is -0.771. The van der Waals surface area contributed by atoms with Crippen LogP contribution in [0, 0.1) is 6.92 Å². The van der Waals surface area contributed by atoms with E-state index >= 15 is 0 Å². The average molecular weight is 362 g/mol. The predicted octanol–water partition coefficient (Wildman–Crippen LogP) is 3.57. The smallest absolute Gasteiger partial charge is 0.317 e. The minimum absolute atomic E-state index is 0.0938. The Labute approximate surface area is 153 Å².